The number of fused-ring (bicyclic) bond motifs is 1. The van der Waals surface area contributed by atoms with Gasteiger partial charge in [0.1, 0.15) is 12.6 Å². The average molecular weight is 347 g/mol. The van der Waals surface area contributed by atoms with Gasteiger partial charge in [-0.15, -0.1) is 0 Å². The highest BCUT2D eigenvalue weighted by atomic mass is 16.5. The van der Waals surface area contributed by atoms with Crippen LogP contribution in [-0.2, 0) is 28.9 Å². The second-order valence-electron chi connectivity index (χ2n) is 6.41. The zero-order valence-electron chi connectivity index (χ0n) is 14.1. The SMILES string of the molecule is COCc1noc(NC2COCC2n2nc3c(cc2=O)CCCC3)n1. The number of hydrogen-bond acceptors (Lipinski definition) is 8. The van der Waals surface area contributed by atoms with Crippen molar-refractivity contribution in [1.82, 2.24) is 19.9 Å². The lowest BCUT2D eigenvalue weighted by Crippen LogP contribution is -2.38. The number of rotatable bonds is 5. The summed E-state index contributed by atoms with van der Waals surface area (Å²) in [6, 6.07) is 1.64. The van der Waals surface area contributed by atoms with Crippen molar-refractivity contribution in [2.75, 3.05) is 25.6 Å². The van der Waals surface area contributed by atoms with E-state index < -0.39 is 0 Å². The van der Waals surface area contributed by atoms with E-state index in [4.69, 9.17) is 14.0 Å². The first-order valence-corrected chi connectivity index (χ1v) is 8.52. The molecule has 4 rings (SSSR count). The molecule has 0 aromatic carbocycles. The summed E-state index contributed by atoms with van der Waals surface area (Å²) in [5.41, 5.74) is 2.02. The quantitative estimate of drug-likeness (QED) is 0.843. The van der Waals surface area contributed by atoms with Gasteiger partial charge in [-0.25, -0.2) is 4.68 Å². The van der Waals surface area contributed by atoms with E-state index in [9.17, 15) is 4.79 Å². The van der Waals surface area contributed by atoms with Crippen LogP contribution < -0.4 is 10.9 Å². The van der Waals surface area contributed by atoms with Crippen LogP contribution in [0.5, 0.6) is 0 Å². The van der Waals surface area contributed by atoms with E-state index in [1.54, 1.807) is 17.9 Å². The molecular weight excluding hydrogens is 326 g/mol. The van der Waals surface area contributed by atoms with Crippen molar-refractivity contribution in [3.8, 4) is 0 Å². The average Bonchev–Trinajstić information content (AvgIpc) is 3.25. The van der Waals surface area contributed by atoms with E-state index in [2.05, 4.69) is 20.6 Å². The van der Waals surface area contributed by atoms with Gasteiger partial charge in [-0.1, -0.05) is 5.16 Å². The van der Waals surface area contributed by atoms with E-state index in [-0.39, 0.29) is 24.2 Å². The van der Waals surface area contributed by atoms with Crippen LogP contribution in [0.3, 0.4) is 0 Å². The number of nitrogens with one attached hydrogen (secondary N) is 1. The van der Waals surface area contributed by atoms with Crippen LogP contribution in [0.1, 0.15) is 36.0 Å². The second kappa shape index (κ2) is 6.93. The topological polar surface area (TPSA) is 104 Å². The van der Waals surface area contributed by atoms with Crippen LogP contribution in [0.2, 0.25) is 0 Å². The predicted octanol–water partition coefficient (Wildman–Crippen LogP) is 0.703. The summed E-state index contributed by atoms with van der Waals surface area (Å²) >= 11 is 0. The van der Waals surface area contributed by atoms with E-state index in [0.717, 1.165) is 36.9 Å². The molecule has 0 bridgehead atoms. The van der Waals surface area contributed by atoms with Gasteiger partial charge in [-0.3, -0.25) is 4.79 Å². The van der Waals surface area contributed by atoms with Crippen molar-refractivity contribution in [3.05, 3.63) is 33.5 Å². The molecule has 2 atom stereocenters. The lowest BCUT2D eigenvalue weighted by molar-refractivity contribution is 0.174. The van der Waals surface area contributed by atoms with Crippen LogP contribution >= 0.6 is 0 Å². The van der Waals surface area contributed by atoms with Crippen molar-refractivity contribution < 1.29 is 14.0 Å². The van der Waals surface area contributed by atoms with E-state index >= 15 is 0 Å². The molecule has 3 heterocycles. The minimum Gasteiger partial charge on any atom is -0.377 e. The zero-order valence-corrected chi connectivity index (χ0v) is 14.1. The molecule has 9 nitrogen and oxygen atoms in total. The molecule has 2 aromatic rings. The smallest absolute Gasteiger partial charge is 0.321 e. The fraction of sp³-hybridized carbons (Fsp3) is 0.625. The first-order chi connectivity index (χ1) is 12.2. The van der Waals surface area contributed by atoms with Gasteiger partial charge in [-0.05, 0) is 31.2 Å². The van der Waals surface area contributed by atoms with Gasteiger partial charge >= 0.3 is 6.01 Å². The number of aromatic nitrogens is 4. The molecule has 1 saturated heterocycles. The molecule has 2 aromatic heterocycles. The lowest BCUT2D eigenvalue weighted by Gasteiger charge is -2.22. The highest BCUT2D eigenvalue weighted by Crippen LogP contribution is 2.23. The third-order valence-corrected chi connectivity index (χ3v) is 4.65. The molecule has 1 fully saturated rings. The highest BCUT2D eigenvalue weighted by Gasteiger charge is 2.33. The van der Waals surface area contributed by atoms with E-state index in [0.29, 0.717) is 25.1 Å². The Morgan fingerprint density at radius 1 is 1.36 bits per heavy atom. The fourth-order valence-corrected chi connectivity index (χ4v) is 3.40. The minimum absolute atomic E-state index is 0.0893. The van der Waals surface area contributed by atoms with Crippen molar-refractivity contribution in [2.45, 2.75) is 44.4 Å². The lowest BCUT2D eigenvalue weighted by atomic mass is 9.97. The van der Waals surface area contributed by atoms with Gasteiger partial charge in [0.15, 0.2) is 5.82 Å². The summed E-state index contributed by atoms with van der Waals surface area (Å²) in [7, 11) is 1.57. The number of aryl methyl sites for hydroxylation is 2. The van der Waals surface area contributed by atoms with Gasteiger partial charge in [0.2, 0.25) is 0 Å². The monoisotopic (exact) mass is 347 g/mol. The molecule has 2 aliphatic rings. The standard InChI is InChI=1S/C16H21N5O4/c1-23-9-14-18-16(25-20-14)17-12-7-24-8-13(12)21-15(22)6-10-4-2-3-5-11(10)19-21/h6,12-13H,2-5,7-9H2,1H3,(H,17,18,20). The Morgan fingerprint density at radius 2 is 2.24 bits per heavy atom. The van der Waals surface area contributed by atoms with E-state index in [1.165, 1.54) is 0 Å². The van der Waals surface area contributed by atoms with Crippen LogP contribution in [0.25, 0.3) is 0 Å². The van der Waals surface area contributed by atoms with Gasteiger partial charge < -0.3 is 19.3 Å². The number of methoxy groups -OCH3 is 1. The summed E-state index contributed by atoms with van der Waals surface area (Å²) in [6.07, 6.45) is 4.10. The maximum Gasteiger partial charge on any atom is 0.321 e. The number of hydrogen-bond donors (Lipinski definition) is 1. The largest absolute Gasteiger partial charge is 0.377 e. The normalized spacial score (nSPS) is 22.8. The summed E-state index contributed by atoms with van der Waals surface area (Å²) in [4.78, 5) is 16.7. The fourth-order valence-electron chi connectivity index (χ4n) is 3.40. The molecule has 2 unspecified atom stereocenters. The van der Waals surface area contributed by atoms with Gasteiger partial charge in [-0.2, -0.15) is 10.1 Å². The van der Waals surface area contributed by atoms with Crippen LogP contribution in [0.15, 0.2) is 15.4 Å². The second-order valence-corrected chi connectivity index (χ2v) is 6.41. The Hall–Kier alpha value is -2.26. The number of ether oxygens (including phenoxy) is 2. The first kappa shape index (κ1) is 16.2. The predicted molar refractivity (Wildman–Crippen MR) is 87.4 cm³/mol. The molecule has 0 radical (unpaired) electrons. The maximum atomic E-state index is 12.5. The Bertz CT molecular complexity index is 802. The maximum absolute atomic E-state index is 12.5. The molecular formula is C16H21N5O4. The number of anilines is 1. The molecule has 134 valence electrons. The first-order valence-electron chi connectivity index (χ1n) is 8.52. The minimum atomic E-state index is -0.211. The Morgan fingerprint density at radius 3 is 3.12 bits per heavy atom. The van der Waals surface area contributed by atoms with Crippen LogP contribution in [-0.4, -0.2) is 46.3 Å². The molecule has 25 heavy (non-hydrogen) atoms. The Labute approximate surface area is 144 Å². The van der Waals surface area contributed by atoms with Crippen molar-refractivity contribution in [2.24, 2.45) is 0 Å². The molecule has 1 aliphatic heterocycles. The van der Waals surface area contributed by atoms with Crippen LogP contribution in [0.4, 0.5) is 6.01 Å². The molecule has 0 saturated carbocycles. The van der Waals surface area contributed by atoms with Crippen LogP contribution in [0, 0.1) is 0 Å². The zero-order chi connectivity index (χ0) is 17.2. The van der Waals surface area contributed by atoms with Crippen molar-refractivity contribution in [1.29, 1.82) is 0 Å². The third-order valence-electron chi connectivity index (χ3n) is 4.65. The van der Waals surface area contributed by atoms with E-state index in [1.807, 2.05) is 0 Å². The molecule has 9 heteroatoms. The third kappa shape index (κ3) is 3.29. The summed E-state index contributed by atoms with van der Waals surface area (Å²) in [5, 5.41) is 11.6. The molecule has 0 spiro atoms. The number of nitrogens with zero attached hydrogens (tertiary/aromatic N) is 4. The summed E-state index contributed by atoms with van der Waals surface area (Å²) < 4.78 is 17.3. The van der Waals surface area contributed by atoms with Crippen molar-refractivity contribution >= 4 is 6.01 Å². The van der Waals surface area contributed by atoms with Gasteiger partial charge in [0, 0.05) is 13.2 Å². The van der Waals surface area contributed by atoms with Crippen molar-refractivity contribution in [3.63, 3.8) is 0 Å². The molecule has 1 aliphatic carbocycles. The Balaban J connectivity index is 1.55. The van der Waals surface area contributed by atoms with Gasteiger partial charge in [0.25, 0.3) is 5.56 Å². The summed E-state index contributed by atoms with van der Waals surface area (Å²) in [6.45, 7) is 1.14. The summed E-state index contributed by atoms with van der Waals surface area (Å²) in [5.74, 6) is 0.463. The Kier molecular flexibility index (Phi) is 4.50. The highest BCUT2D eigenvalue weighted by molar-refractivity contribution is 5.24. The molecule has 1 N–H and O–H groups in total. The molecule has 0 amide bonds. The van der Waals surface area contributed by atoms with Gasteiger partial charge in [0.05, 0.1) is 24.9 Å².